The number of fused-ring (bicyclic) bond motifs is 2. The molecule has 2 bridgehead atoms. The van der Waals surface area contributed by atoms with Crippen LogP contribution in [-0.4, -0.2) is 11.2 Å². The van der Waals surface area contributed by atoms with Crippen LogP contribution >= 0.6 is 0 Å². The Kier molecular flexibility index (Phi) is 4.11. The number of rotatable bonds is 4. The Morgan fingerprint density at radius 3 is 2.20 bits per heavy atom. The molecule has 2 fully saturated rings. The van der Waals surface area contributed by atoms with Crippen LogP contribution in [0.5, 0.6) is 0 Å². The average molecular weight is 335 g/mol. The highest BCUT2D eigenvalue weighted by molar-refractivity contribution is 5.46. The maximum Gasteiger partial charge on any atom is 0.0625 e. The van der Waals surface area contributed by atoms with E-state index in [4.69, 9.17) is 0 Å². The van der Waals surface area contributed by atoms with E-state index < -0.39 is 0 Å². The highest BCUT2D eigenvalue weighted by atomic mass is 16.3. The second-order valence-corrected chi connectivity index (χ2v) is 8.58. The highest BCUT2D eigenvalue weighted by Crippen LogP contribution is 2.64. The molecule has 0 saturated heterocycles. The van der Waals surface area contributed by atoms with Gasteiger partial charge in [-0.1, -0.05) is 69.3 Å². The fourth-order valence-corrected chi connectivity index (χ4v) is 5.51. The third-order valence-electron chi connectivity index (χ3n) is 7.23. The lowest BCUT2D eigenvalue weighted by Gasteiger charge is -2.46. The molecule has 2 heteroatoms. The van der Waals surface area contributed by atoms with Crippen LogP contribution < -0.4 is 5.32 Å². The number of aliphatic hydroxyl groups is 1. The minimum Gasteiger partial charge on any atom is -0.392 e. The van der Waals surface area contributed by atoms with Crippen molar-refractivity contribution >= 4 is 5.69 Å². The molecule has 0 amide bonds. The second kappa shape index (κ2) is 6.17. The molecule has 2 saturated carbocycles. The summed E-state index contributed by atoms with van der Waals surface area (Å²) in [6.07, 6.45) is 0.925. The quantitative estimate of drug-likeness (QED) is 0.812. The molecule has 0 aliphatic heterocycles. The predicted octanol–water partition coefficient (Wildman–Crippen LogP) is 5.13. The summed E-state index contributed by atoms with van der Waals surface area (Å²) in [4.78, 5) is 0. The molecule has 0 spiro atoms. The van der Waals surface area contributed by atoms with Crippen molar-refractivity contribution in [1.29, 1.82) is 0 Å². The van der Waals surface area contributed by atoms with Crippen LogP contribution in [0.4, 0.5) is 5.69 Å². The minimum absolute atomic E-state index is 0.139. The van der Waals surface area contributed by atoms with Crippen LogP contribution in [-0.2, 0) is 0 Å². The van der Waals surface area contributed by atoms with Crippen LogP contribution in [0.15, 0.2) is 60.7 Å². The molecule has 2 N–H and O–H groups in total. The molecule has 4 rings (SSSR count). The highest BCUT2D eigenvalue weighted by Gasteiger charge is 2.61. The molecular formula is C23H29NO. The van der Waals surface area contributed by atoms with Gasteiger partial charge in [-0.2, -0.15) is 0 Å². The van der Waals surface area contributed by atoms with Crippen molar-refractivity contribution in [2.24, 2.45) is 29.1 Å². The standard InChI is InChI=1S/C23H29NO/c1-15-18-14-19(23(15,2)3)20(22(18)25)21(16-10-6-4-7-11-16)24-17-12-8-5-9-13-17/h4-13,15,18-22,24-25H,14H2,1-3H3/t15-,18+,19+,20+,21+,22+/m0/s1. The number of nitrogens with one attached hydrogen (secondary N) is 1. The Labute approximate surface area is 151 Å². The van der Waals surface area contributed by atoms with E-state index in [1.54, 1.807) is 0 Å². The molecule has 2 aromatic rings. The largest absolute Gasteiger partial charge is 0.392 e. The number of aliphatic hydroxyl groups excluding tert-OH is 1. The molecule has 6 atom stereocenters. The van der Waals surface area contributed by atoms with Gasteiger partial charge >= 0.3 is 0 Å². The van der Waals surface area contributed by atoms with Crippen molar-refractivity contribution < 1.29 is 5.11 Å². The smallest absolute Gasteiger partial charge is 0.0625 e. The van der Waals surface area contributed by atoms with E-state index >= 15 is 0 Å². The van der Waals surface area contributed by atoms with Gasteiger partial charge in [-0.3, -0.25) is 0 Å². The summed E-state index contributed by atoms with van der Waals surface area (Å²) in [6, 6.07) is 21.2. The molecule has 0 heterocycles. The summed E-state index contributed by atoms with van der Waals surface area (Å²) in [5, 5.41) is 14.9. The zero-order chi connectivity index (χ0) is 17.6. The van der Waals surface area contributed by atoms with Gasteiger partial charge in [-0.25, -0.2) is 0 Å². The van der Waals surface area contributed by atoms with Gasteiger partial charge in [0.2, 0.25) is 0 Å². The fraction of sp³-hybridized carbons (Fsp3) is 0.478. The number of anilines is 1. The maximum absolute atomic E-state index is 11.2. The summed E-state index contributed by atoms with van der Waals surface area (Å²) in [5.74, 6) is 1.80. The Bertz CT molecular complexity index is 711. The lowest BCUT2D eigenvalue weighted by molar-refractivity contribution is -0.0332. The van der Waals surface area contributed by atoms with E-state index in [1.807, 2.05) is 6.07 Å². The Morgan fingerprint density at radius 1 is 1.00 bits per heavy atom. The monoisotopic (exact) mass is 335 g/mol. The molecule has 0 aromatic heterocycles. The van der Waals surface area contributed by atoms with Gasteiger partial charge < -0.3 is 10.4 Å². The van der Waals surface area contributed by atoms with E-state index in [2.05, 4.69) is 80.7 Å². The van der Waals surface area contributed by atoms with Crippen molar-refractivity contribution in [2.45, 2.75) is 39.3 Å². The summed E-state index contributed by atoms with van der Waals surface area (Å²) in [6.45, 7) is 7.11. The zero-order valence-corrected chi connectivity index (χ0v) is 15.4. The van der Waals surface area contributed by atoms with Crippen LogP contribution in [0.25, 0.3) is 0 Å². The van der Waals surface area contributed by atoms with Crippen molar-refractivity contribution in [3.63, 3.8) is 0 Å². The number of para-hydroxylation sites is 1. The predicted molar refractivity (Wildman–Crippen MR) is 103 cm³/mol. The van der Waals surface area contributed by atoms with Crippen molar-refractivity contribution in [1.82, 2.24) is 0 Å². The zero-order valence-electron chi connectivity index (χ0n) is 15.4. The van der Waals surface area contributed by atoms with Crippen LogP contribution in [0, 0.1) is 29.1 Å². The summed E-state index contributed by atoms with van der Waals surface area (Å²) in [7, 11) is 0. The molecule has 132 valence electrons. The molecule has 0 radical (unpaired) electrons. The van der Waals surface area contributed by atoms with E-state index in [0.717, 1.165) is 12.1 Å². The van der Waals surface area contributed by atoms with Crippen LogP contribution in [0.2, 0.25) is 0 Å². The van der Waals surface area contributed by atoms with Gasteiger partial charge in [-0.05, 0) is 47.3 Å². The van der Waals surface area contributed by atoms with E-state index in [9.17, 15) is 5.11 Å². The van der Waals surface area contributed by atoms with E-state index in [0.29, 0.717) is 17.8 Å². The lowest BCUT2D eigenvalue weighted by atomic mass is 9.62. The van der Waals surface area contributed by atoms with E-state index in [1.165, 1.54) is 5.56 Å². The number of hydrogen-bond donors (Lipinski definition) is 2. The molecule has 2 aliphatic carbocycles. The number of benzene rings is 2. The third kappa shape index (κ3) is 2.67. The Hall–Kier alpha value is -1.80. The first-order chi connectivity index (χ1) is 12.0. The molecule has 0 unspecified atom stereocenters. The Balaban J connectivity index is 1.71. The van der Waals surface area contributed by atoms with Crippen molar-refractivity contribution in [2.75, 3.05) is 5.32 Å². The molecule has 2 nitrogen and oxygen atoms in total. The molecule has 25 heavy (non-hydrogen) atoms. The molecular weight excluding hydrogens is 306 g/mol. The van der Waals surface area contributed by atoms with E-state index in [-0.39, 0.29) is 23.5 Å². The molecule has 2 aliphatic rings. The topological polar surface area (TPSA) is 32.3 Å². The lowest BCUT2D eigenvalue weighted by Crippen LogP contribution is -2.46. The van der Waals surface area contributed by atoms with Gasteiger partial charge in [0.15, 0.2) is 0 Å². The first-order valence-corrected chi connectivity index (χ1v) is 9.54. The van der Waals surface area contributed by atoms with Gasteiger partial charge in [0.25, 0.3) is 0 Å². The minimum atomic E-state index is -0.227. The summed E-state index contributed by atoms with van der Waals surface area (Å²) >= 11 is 0. The van der Waals surface area contributed by atoms with Crippen LogP contribution in [0.3, 0.4) is 0 Å². The van der Waals surface area contributed by atoms with Gasteiger partial charge in [-0.15, -0.1) is 0 Å². The summed E-state index contributed by atoms with van der Waals surface area (Å²) in [5.41, 5.74) is 2.67. The maximum atomic E-state index is 11.2. The summed E-state index contributed by atoms with van der Waals surface area (Å²) < 4.78 is 0. The van der Waals surface area contributed by atoms with Gasteiger partial charge in [0.05, 0.1) is 12.1 Å². The fourth-order valence-electron chi connectivity index (χ4n) is 5.51. The van der Waals surface area contributed by atoms with Gasteiger partial charge in [0.1, 0.15) is 0 Å². The van der Waals surface area contributed by atoms with Crippen molar-refractivity contribution in [3.05, 3.63) is 66.2 Å². The van der Waals surface area contributed by atoms with Crippen LogP contribution in [0.1, 0.15) is 38.8 Å². The molecule has 2 aromatic carbocycles. The first-order valence-electron chi connectivity index (χ1n) is 9.54. The van der Waals surface area contributed by atoms with Gasteiger partial charge in [0, 0.05) is 11.6 Å². The van der Waals surface area contributed by atoms with Crippen molar-refractivity contribution in [3.8, 4) is 0 Å². The first kappa shape index (κ1) is 16.7. The second-order valence-electron chi connectivity index (χ2n) is 8.58. The Morgan fingerprint density at radius 2 is 1.60 bits per heavy atom. The number of hydrogen-bond acceptors (Lipinski definition) is 2. The normalized spacial score (nSPS) is 34.0. The third-order valence-corrected chi connectivity index (χ3v) is 7.23. The average Bonchev–Trinajstić information content (AvgIpc) is 3.08. The SMILES string of the molecule is C[C@H]1[C@H]2C[C@H]([C@H]([C@H](Nc3ccccc3)c3ccccc3)[C@@H]2O)C1(C)C.